The SMILES string of the molecule is NCCOCC(N)C(O)C(O)(C(COCCN)N(CC(=O)O)CC(=O)O)C(COCCN)N(CC(=O)O)CC(=O)O. The Labute approximate surface area is 236 Å². The van der Waals surface area contributed by atoms with E-state index < -0.39 is 99.7 Å². The van der Waals surface area contributed by atoms with Gasteiger partial charge in [-0.25, -0.2) is 0 Å². The van der Waals surface area contributed by atoms with Gasteiger partial charge in [0.2, 0.25) is 0 Å². The maximum Gasteiger partial charge on any atom is 0.317 e. The van der Waals surface area contributed by atoms with E-state index in [0.29, 0.717) is 0 Å². The van der Waals surface area contributed by atoms with Crippen molar-refractivity contribution in [3.63, 3.8) is 0 Å². The molecular formula is C22H44N6O13. The summed E-state index contributed by atoms with van der Waals surface area (Å²) in [5, 5.41) is 62.1. The summed E-state index contributed by atoms with van der Waals surface area (Å²) in [6.45, 7) is -5.99. The molecule has 41 heavy (non-hydrogen) atoms. The van der Waals surface area contributed by atoms with Crippen molar-refractivity contribution in [1.82, 2.24) is 9.80 Å². The van der Waals surface area contributed by atoms with Gasteiger partial charge in [-0.05, 0) is 0 Å². The zero-order valence-electron chi connectivity index (χ0n) is 22.7. The van der Waals surface area contributed by atoms with Crippen LogP contribution in [0.15, 0.2) is 0 Å². The van der Waals surface area contributed by atoms with Crippen molar-refractivity contribution in [2.24, 2.45) is 22.9 Å². The molecule has 19 heteroatoms. The average Bonchev–Trinajstić information content (AvgIpc) is 2.86. The number of ether oxygens (including phenoxy) is 3. The van der Waals surface area contributed by atoms with E-state index >= 15 is 0 Å². The standard InChI is InChI=1S/C22H44N6O13/c23-1-4-39-11-14(26)21(37)22(38,15(12-40-5-2-24)27(7-17(29)30)8-18(31)32)16(13-41-6-3-25)28(9-19(33)34)10-20(35)36/h14-16,21,37-38H,1-13,23-26H2,(H,29,30)(H,31,32)(H,33,34)(H,35,36). The number of rotatable bonds is 26. The molecule has 0 aliphatic heterocycles. The van der Waals surface area contributed by atoms with Crippen LogP contribution < -0.4 is 22.9 Å². The third-order valence-corrected chi connectivity index (χ3v) is 5.83. The van der Waals surface area contributed by atoms with Crippen LogP contribution in [0.2, 0.25) is 0 Å². The lowest BCUT2D eigenvalue weighted by molar-refractivity contribution is -0.202. The highest BCUT2D eigenvalue weighted by Crippen LogP contribution is 2.31. The fourth-order valence-electron chi connectivity index (χ4n) is 4.22. The van der Waals surface area contributed by atoms with Crippen molar-refractivity contribution in [2.45, 2.75) is 29.8 Å². The van der Waals surface area contributed by atoms with Gasteiger partial charge < -0.3 is 67.8 Å². The maximum atomic E-state index is 12.4. The monoisotopic (exact) mass is 600 g/mol. The van der Waals surface area contributed by atoms with Gasteiger partial charge in [0.05, 0.1) is 83.9 Å². The number of nitrogens with zero attached hydrogens (tertiary/aromatic N) is 2. The first kappa shape index (κ1) is 38.4. The Balaban J connectivity index is 7.34. The molecule has 0 aromatic rings. The van der Waals surface area contributed by atoms with Gasteiger partial charge in [-0.2, -0.15) is 0 Å². The van der Waals surface area contributed by atoms with E-state index in [9.17, 15) is 49.8 Å². The van der Waals surface area contributed by atoms with Crippen LogP contribution in [0.5, 0.6) is 0 Å². The van der Waals surface area contributed by atoms with Crippen molar-refractivity contribution >= 4 is 23.9 Å². The van der Waals surface area contributed by atoms with E-state index in [1.54, 1.807) is 0 Å². The number of carbonyl (C=O) groups is 4. The van der Waals surface area contributed by atoms with Gasteiger partial charge in [-0.15, -0.1) is 0 Å². The molecule has 0 saturated carbocycles. The number of hydrogen-bond acceptors (Lipinski definition) is 15. The highest BCUT2D eigenvalue weighted by Gasteiger charge is 2.56. The van der Waals surface area contributed by atoms with Crippen LogP contribution in [-0.4, -0.2) is 180 Å². The maximum absolute atomic E-state index is 12.4. The molecule has 4 atom stereocenters. The second-order valence-corrected chi connectivity index (χ2v) is 9.00. The first-order valence-electron chi connectivity index (χ1n) is 12.6. The lowest BCUT2D eigenvalue weighted by Gasteiger charge is -2.51. The van der Waals surface area contributed by atoms with Crippen LogP contribution in [0, 0.1) is 0 Å². The Morgan fingerprint density at radius 1 is 0.634 bits per heavy atom. The molecule has 0 aliphatic carbocycles. The molecule has 0 bridgehead atoms. The summed E-state index contributed by atoms with van der Waals surface area (Å²) in [6, 6.07) is -4.98. The summed E-state index contributed by atoms with van der Waals surface area (Å²) in [7, 11) is 0. The third-order valence-electron chi connectivity index (χ3n) is 5.83. The normalized spacial score (nSPS) is 16.2. The molecule has 0 rings (SSSR count). The topological polar surface area (TPSA) is 328 Å². The Morgan fingerprint density at radius 2 is 0.927 bits per heavy atom. The molecule has 240 valence electrons. The van der Waals surface area contributed by atoms with Gasteiger partial charge in [0.1, 0.15) is 11.7 Å². The Morgan fingerprint density at radius 3 is 1.20 bits per heavy atom. The molecule has 19 nitrogen and oxygen atoms in total. The Bertz CT molecular complexity index is 726. The molecule has 0 radical (unpaired) electrons. The molecule has 0 spiro atoms. The lowest BCUT2D eigenvalue weighted by Crippen LogP contribution is -2.75. The molecule has 0 saturated heterocycles. The summed E-state index contributed by atoms with van der Waals surface area (Å²) in [5.41, 5.74) is 19.7. The zero-order valence-corrected chi connectivity index (χ0v) is 22.7. The van der Waals surface area contributed by atoms with Crippen molar-refractivity contribution in [3.05, 3.63) is 0 Å². The second kappa shape index (κ2) is 20.3. The third kappa shape index (κ3) is 13.8. The first-order chi connectivity index (χ1) is 19.3. The highest BCUT2D eigenvalue weighted by atomic mass is 16.5. The van der Waals surface area contributed by atoms with Crippen LogP contribution in [0.25, 0.3) is 0 Å². The van der Waals surface area contributed by atoms with Crippen LogP contribution >= 0.6 is 0 Å². The zero-order chi connectivity index (χ0) is 31.6. The van der Waals surface area contributed by atoms with Crippen LogP contribution in [0.3, 0.4) is 0 Å². The predicted molar refractivity (Wildman–Crippen MR) is 140 cm³/mol. The van der Waals surface area contributed by atoms with Gasteiger partial charge in [0, 0.05) is 19.6 Å². The first-order valence-corrected chi connectivity index (χ1v) is 12.6. The number of hydrogen-bond donors (Lipinski definition) is 10. The molecule has 0 aliphatic rings. The Kier molecular flexibility index (Phi) is 19.1. The van der Waals surface area contributed by atoms with E-state index in [4.69, 9.17) is 37.1 Å². The molecule has 0 amide bonds. The number of aliphatic carboxylic acids is 4. The van der Waals surface area contributed by atoms with Crippen molar-refractivity contribution in [2.75, 3.05) is 85.5 Å². The van der Waals surface area contributed by atoms with Crippen LogP contribution in [-0.2, 0) is 33.4 Å². The highest BCUT2D eigenvalue weighted by molar-refractivity contribution is 5.73. The smallest absolute Gasteiger partial charge is 0.317 e. The molecule has 4 unspecified atom stereocenters. The number of carboxylic acids is 4. The minimum atomic E-state index is -2.81. The summed E-state index contributed by atoms with van der Waals surface area (Å²) < 4.78 is 16.2. The molecule has 0 fully saturated rings. The lowest BCUT2D eigenvalue weighted by atomic mass is 9.77. The second-order valence-electron chi connectivity index (χ2n) is 9.00. The minimum Gasteiger partial charge on any atom is -0.480 e. The molecule has 14 N–H and O–H groups in total. The van der Waals surface area contributed by atoms with Crippen molar-refractivity contribution in [1.29, 1.82) is 0 Å². The molecular weight excluding hydrogens is 556 g/mol. The fraction of sp³-hybridized carbons (Fsp3) is 0.818. The van der Waals surface area contributed by atoms with Crippen LogP contribution in [0.4, 0.5) is 0 Å². The summed E-state index contributed by atoms with van der Waals surface area (Å²) in [4.78, 5) is 48.5. The number of aliphatic hydroxyl groups is 2. The Hall–Kier alpha value is -2.56. The molecule has 0 aromatic heterocycles. The summed E-state index contributed by atoms with van der Waals surface area (Å²) >= 11 is 0. The van der Waals surface area contributed by atoms with E-state index in [1.807, 2.05) is 0 Å². The van der Waals surface area contributed by atoms with E-state index in [1.165, 1.54) is 0 Å². The van der Waals surface area contributed by atoms with Crippen LogP contribution in [0.1, 0.15) is 0 Å². The van der Waals surface area contributed by atoms with E-state index in [-0.39, 0.29) is 39.5 Å². The quantitative estimate of drug-likeness (QED) is 0.0413. The summed E-state index contributed by atoms with van der Waals surface area (Å²) in [5.74, 6) is -6.09. The van der Waals surface area contributed by atoms with E-state index in [0.717, 1.165) is 9.80 Å². The van der Waals surface area contributed by atoms with E-state index in [2.05, 4.69) is 0 Å². The number of carboxylic acid groups (broad SMARTS) is 4. The molecule has 0 heterocycles. The largest absolute Gasteiger partial charge is 0.480 e. The van der Waals surface area contributed by atoms with Gasteiger partial charge in [-0.3, -0.25) is 29.0 Å². The summed E-state index contributed by atoms with van der Waals surface area (Å²) in [6.07, 6.45) is -2.13. The average molecular weight is 601 g/mol. The van der Waals surface area contributed by atoms with Gasteiger partial charge in [0.15, 0.2) is 0 Å². The fourth-order valence-corrected chi connectivity index (χ4v) is 4.22. The minimum absolute atomic E-state index is 0.000759. The number of nitrogens with two attached hydrogens (primary N) is 4. The van der Waals surface area contributed by atoms with Crippen molar-refractivity contribution in [3.8, 4) is 0 Å². The molecule has 0 aromatic carbocycles. The predicted octanol–water partition coefficient (Wildman–Crippen LogP) is -5.99. The van der Waals surface area contributed by atoms with Gasteiger partial charge in [-0.1, -0.05) is 0 Å². The van der Waals surface area contributed by atoms with Crippen molar-refractivity contribution < 1.29 is 64.0 Å². The van der Waals surface area contributed by atoms with Gasteiger partial charge in [0.25, 0.3) is 0 Å². The van der Waals surface area contributed by atoms with Gasteiger partial charge >= 0.3 is 23.9 Å². The number of aliphatic hydroxyl groups excluding tert-OH is 1.